The maximum atomic E-state index is 12.8. The molecule has 7 heteroatoms. The van der Waals surface area contributed by atoms with Gasteiger partial charge in [0.1, 0.15) is 5.75 Å². The molecule has 1 aromatic carbocycles. The van der Waals surface area contributed by atoms with Crippen LogP contribution in [0.3, 0.4) is 0 Å². The summed E-state index contributed by atoms with van der Waals surface area (Å²) in [7, 11) is -2.02. The Labute approximate surface area is 156 Å². The lowest BCUT2D eigenvalue weighted by atomic mass is 9.92. The number of benzene rings is 1. The van der Waals surface area contributed by atoms with Gasteiger partial charge >= 0.3 is 0 Å². The highest BCUT2D eigenvalue weighted by Crippen LogP contribution is 2.34. The number of carbonyl (C=O) groups is 1. The van der Waals surface area contributed by atoms with Crippen LogP contribution in [0.4, 0.5) is 5.69 Å². The van der Waals surface area contributed by atoms with Gasteiger partial charge in [0.2, 0.25) is 15.9 Å². The second-order valence-corrected chi connectivity index (χ2v) is 9.23. The Morgan fingerprint density at radius 2 is 1.85 bits per heavy atom. The molecule has 6 nitrogen and oxygen atoms in total. The van der Waals surface area contributed by atoms with Crippen LogP contribution in [0, 0.1) is 11.8 Å². The summed E-state index contributed by atoms with van der Waals surface area (Å²) in [6, 6.07) is 4.67. The second-order valence-electron chi connectivity index (χ2n) is 7.30. The van der Waals surface area contributed by atoms with E-state index in [0.29, 0.717) is 30.4 Å². The zero-order valence-corrected chi connectivity index (χ0v) is 16.3. The molecule has 1 unspecified atom stereocenters. The van der Waals surface area contributed by atoms with E-state index in [-0.39, 0.29) is 16.7 Å². The Morgan fingerprint density at radius 1 is 1.19 bits per heavy atom. The number of anilines is 1. The van der Waals surface area contributed by atoms with Gasteiger partial charge in [0.25, 0.3) is 0 Å². The SMILES string of the molecule is COc1ccc(S(=O)(=O)N2CCCC2)cc1NC(=O)C(C)C1CCCC1. The van der Waals surface area contributed by atoms with Crippen LogP contribution >= 0.6 is 0 Å². The van der Waals surface area contributed by atoms with Crippen molar-refractivity contribution < 1.29 is 17.9 Å². The molecule has 1 atom stereocenters. The molecule has 2 fully saturated rings. The molecule has 1 saturated heterocycles. The highest BCUT2D eigenvalue weighted by Gasteiger charge is 2.30. The summed E-state index contributed by atoms with van der Waals surface area (Å²) in [6.07, 6.45) is 6.28. The minimum Gasteiger partial charge on any atom is -0.495 e. The summed E-state index contributed by atoms with van der Waals surface area (Å²) in [5, 5.41) is 2.89. The van der Waals surface area contributed by atoms with Crippen LogP contribution in [0.15, 0.2) is 23.1 Å². The van der Waals surface area contributed by atoms with Crippen molar-refractivity contribution in [1.82, 2.24) is 4.31 Å². The van der Waals surface area contributed by atoms with Gasteiger partial charge in [-0.2, -0.15) is 4.31 Å². The van der Waals surface area contributed by atoms with E-state index in [1.165, 1.54) is 30.3 Å². The normalized spacial score (nSPS) is 20.2. The summed E-state index contributed by atoms with van der Waals surface area (Å²) >= 11 is 0. The summed E-state index contributed by atoms with van der Waals surface area (Å²) in [6.45, 7) is 3.05. The topological polar surface area (TPSA) is 75.7 Å². The third-order valence-corrected chi connectivity index (χ3v) is 7.55. The highest BCUT2D eigenvalue weighted by molar-refractivity contribution is 7.89. The average Bonchev–Trinajstić information content (AvgIpc) is 3.34. The van der Waals surface area contributed by atoms with Gasteiger partial charge in [-0.05, 0) is 49.8 Å². The van der Waals surface area contributed by atoms with Gasteiger partial charge < -0.3 is 10.1 Å². The molecule has 1 heterocycles. The second kappa shape index (κ2) is 7.96. The number of sulfonamides is 1. The monoisotopic (exact) mass is 380 g/mol. The Balaban J connectivity index is 1.82. The number of hydrogen-bond acceptors (Lipinski definition) is 4. The molecule has 0 bridgehead atoms. The summed E-state index contributed by atoms with van der Waals surface area (Å²) < 4.78 is 32.4. The number of methoxy groups -OCH3 is 1. The first kappa shape index (κ1) is 19.2. The molecule has 144 valence electrons. The quantitative estimate of drug-likeness (QED) is 0.822. The molecule has 0 radical (unpaired) electrons. The predicted molar refractivity (Wildman–Crippen MR) is 101 cm³/mol. The van der Waals surface area contributed by atoms with Gasteiger partial charge in [0.15, 0.2) is 0 Å². The van der Waals surface area contributed by atoms with Crippen LogP contribution in [0.2, 0.25) is 0 Å². The van der Waals surface area contributed by atoms with Crippen molar-refractivity contribution >= 4 is 21.6 Å². The molecule has 0 spiro atoms. The van der Waals surface area contributed by atoms with Crippen LogP contribution in [-0.2, 0) is 14.8 Å². The number of nitrogens with zero attached hydrogens (tertiary/aromatic N) is 1. The molecular formula is C19H28N2O4S. The molecule has 0 aromatic heterocycles. The van der Waals surface area contributed by atoms with Gasteiger partial charge in [-0.15, -0.1) is 0 Å². The lowest BCUT2D eigenvalue weighted by Crippen LogP contribution is -2.28. The molecular weight excluding hydrogens is 352 g/mol. The van der Waals surface area contributed by atoms with E-state index < -0.39 is 10.0 Å². The van der Waals surface area contributed by atoms with Crippen LogP contribution < -0.4 is 10.1 Å². The summed E-state index contributed by atoms with van der Waals surface area (Å²) in [5.41, 5.74) is 0.419. The fourth-order valence-corrected chi connectivity index (χ4v) is 5.48. The largest absolute Gasteiger partial charge is 0.495 e. The van der Waals surface area contributed by atoms with E-state index in [1.807, 2.05) is 6.92 Å². The van der Waals surface area contributed by atoms with Crippen molar-refractivity contribution in [2.45, 2.75) is 50.3 Å². The maximum absolute atomic E-state index is 12.8. The van der Waals surface area contributed by atoms with E-state index in [4.69, 9.17) is 4.74 Å². The average molecular weight is 381 g/mol. The standard InChI is InChI=1S/C19H28N2O4S/c1-14(15-7-3-4-8-15)19(22)20-17-13-16(9-10-18(17)25-2)26(23,24)21-11-5-6-12-21/h9-10,13-15H,3-8,11-12H2,1-2H3,(H,20,22). The molecule has 26 heavy (non-hydrogen) atoms. The van der Waals surface area contributed by atoms with Crippen molar-refractivity contribution in [3.8, 4) is 5.75 Å². The number of ether oxygens (including phenoxy) is 1. The van der Waals surface area contributed by atoms with Crippen LogP contribution in [-0.4, -0.2) is 38.8 Å². The molecule has 2 aliphatic rings. The van der Waals surface area contributed by atoms with E-state index in [2.05, 4.69) is 5.32 Å². The third-order valence-electron chi connectivity index (χ3n) is 5.65. The van der Waals surface area contributed by atoms with Crippen LogP contribution in [0.1, 0.15) is 45.4 Å². The number of hydrogen-bond donors (Lipinski definition) is 1. The minimum atomic E-state index is -3.53. The Morgan fingerprint density at radius 3 is 2.46 bits per heavy atom. The number of carbonyl (C=O) groups excluding carboxylic acids is 1. The van der Waals surface area contributed by atoms with Gasteiger partial charge in [0.05, 0.1) is 17.7 Å². The lowest BCUT2D eigenvalue weighted by Gasteiger charge is -2.20. The first-order valence-electron chi connectivity index (χ1n) is 9.42. The summed E-state index contributed by atoms with van der Waals surface area (Å²) in [5.74, 6) is 0.696. The van der Waals surface area contributed by atoms with E-state index >= 15 is 0 Å². The first-order chi connectivity index (χ1) is 12.4. The molecule has 1 aromatic rings. The fraction of sp³-hybridized carbons (Fsp3) is 0.632. The van der Waals surface area contributed by atoms with Gasteiger partial charge in [-0.25, -0.2) is 8.42 Å². The van der Waals surface area contributed by atoms with E-state index in [0.717, 1.165) is 25.7 Å². The maximum Gasteiger partial charge on any atom is 0.243 e. The summed E-state index contributed by atoms with van der Waals surface area (Å²) in [4.78, 5) is 12.9. The van der Waals surface area contributed by atoms with Crippen molar-refractivity contribution in [3.05, 3.63) is 18.2 Å². The van der Waals surface area contributed by atoms with Crippen molar-refractivity contribution in [2.75, 3.05) is 25.5 Å². The molecule has 1 N–H and O–H groups in total. The molecule has 1 aliphatic carbocycles. The van der Waals surface area contributed by atoms with E-state index in [1.54, 1.807) is 12.1 Å². The zero-order valence-electron chi connectivity index (χ0n) is 15.5. The molecule has 3 rings (SSSR count). The molecule has 1 amide bonds. The number of rotatable bonds is 6. The Bertz CT molecular complexity index is 751. The van der Waals surface area contributed by atoms with Gasteiger partial charge in [-0.3, -0.25) is 4.79 Å². The molecule has 1 aliphatic heterocycles. The van der Waals surface area contributed by atoms with Crippen molar-refractivity contribution in [3.63, 3.8) is 0 Å². The van der Waals surface area contributed by atoms with Crippen LogP contribution in [0.25, 0.3) is 0 Å². The van der Waals surface area contributed by atoms with Crippen molar-refractivity contribution in [1.29, 1.82) is 0 Å². The van der Waals surface area contributed by atoms with Gasteiger partial charge in [0, 0.05) is 19.0 Å². The fourth-order valence-electron chi connectivity index (χ4n) is 3.94. The van der Waals surface area contributed by atoms with Crippen molar-refractivity contribution in [2.24, 2.45) is 11.8 Å². The Hall–Kier alpha value is -1.60. The van der Waals surface area contributed by atoms with Crippen LogP contribution in [0.5, 0.6) is 5.75 Å². The smallest absolute Gasteiger partial charge is 0.243 e. The number of amides is 1. The minimum absolute atomic E-state index is 0.0779. The lowest BCUT2D eigenvalue weighted by molar-refractivity contribution is -0.120. The third kappa shape index (κ3) is 3.88. The van der Waals surface area contributed by atoms with Gasteiger partial charge in [-0.1, -0.05) is 19.8 Å². The van der Waals surface area contributed by atoms with E-state index in [9.17, 15) is 13.2 Å². The highest BCUT2D eigenvalue weighted by atomic mass is 32.2. The first-order valence-corrected chi connectivity index (χ1v) is 10.9. The molecule has 1 saturated carbocycles. The zero-order chi connectivity index (χ0) is 18.7. The number of nitrogens with one attached hydrogen (secondary N) is 1. The predicted octanol–water partition coefficient (Wildman–Crippen LogP) is 3.24. The Kier molecular flexibility index (Phi) is 5.87.